The Morgan fingerprint density at radius 2 is 2.21 bits per heavy atom. The van der Waals surface area contributed by atoms with Gasteiger partial charge in [-0.2, -0.15) is 0 Å². The van der Waals surface area contributed by atoms with Gasteiger partial charge in [0.15, 0.2) is 0 Å². The van der Waals surface area contributed by atoms with Crippen molar-refractivity contribution < 1.29 is 14.7 Å². The minimum atomic E-state index is -1.06. The number of benzene rings is 1. The largest absolute Gasteiger partial charge is 0.465 e. The summed E-state index contributed by atoms with van der Waals surface area (Å²) in [5, 5.41) is 8.85. The number of carboxylic acid groups (broad SMARTS) is 1. The van der Waals surface area contributed by atoms with Crippen LogP contribution in [0.2, 0.25) is 0 Å². The molecule has 1 aromatic rings. The van der Waals surface area contributed by atoms with Crippen LogP contribution in [0.5, 0.6) is 0 Å². The third-order valence-electron chi connectivity index (χ3n) is 2.42. The van der Waals surface area contributed by atoms with Gasteiger partial charge in [0, 0.05) is 0 Å². The average molecular weight is 191 g/mol. The zero-order valence-corrected chi connectivity index (χ0v) is 7.38. The second-order valence-corrected chi connectivity index (χ2v) is 3.19. The van der Waals surface area contributed by atoms with Crippen LogP contribution in [0.4, 0.5) is 4.79 Å². The second kappa shape index (κ2) is 3.14. The first kappa shape index (κ1) is 8.74. The van der Waals surface area contributed by atoms with Crippen molar-refractivity contribution >= 4 is 12.4 Å². The van der Waals surface area contributed by atoms with Crippen LogP contribution in [-0.2, 0) is 11.3 Å². The molecule has 0 saturated heterocycles. The van der Waals surface area contributed by atoms with E-state index in [2.05, 4.69) is 0 Å². The highest BCUT2D eigenvalue weighted by molar-refractivity contribution is 5.75. The lowest BCUT2D eigenvalue weighted by atomic mass is 10.1. The van der Waals surface area contributed by atoms with Crippen LogP contribution in [0.1, 0.15) is 17.2 Å². The monoisotopic (exact) mass is 191 g/mol. The molecule has 1 aliphatic heterocycles. The summed E-state index contributed by atoms with van der Waals surface area (Å²) in [4.78, 5) is 22.7. The van der Waals surface area contributed by atoms with Crippen LogP contribution in [0.15, 0.2) is 24.3 Å². The number of hydrogen-bond donors (Lipinski definition) is 1. The molecule has 1 heterocycles. The SMILES string of the molecule is O=CC1c2ccccc2CN1C(=O)O. The average Bonchev–Trinajstić information content (AvgIpc) is 2.56. The van der Waals surface area contributed by atoms with Crippen molar-refractivity contribution in [3.8, 4) is 0 Å². The molecule has 0 aromatic heterocycles. The van der Waals surface area contributed by atoms with Crippen LogP contribution in [0, 0.1) is 0 Å². The topological polar surface area (TPSA) is 57.6 Å². The van der Waals surface area contributed by atoms with E-state index in [1.807, 2.05) is 12.1 Å². The number of carbonyl (C=O) groups is 2. The van der Waals surface area contributed by atoms with Crippen molar-refractivity contribution in [2.75, 3.05) is 0 Å². The van der Waals surface area contributed by atoms with Crippen LogP contribution in [0.25, 0.3) is 0 Å². The molecule has 1 amide bonds. The fourth-order valence-electron chi connectivity index (χ4n) is 1.75. The molecule has 4 nitrogen and oxygen atoms in total. The van der Waals surface area contributed by atoms with Gasteiger partial charge in [-0.15, -0.1) is 0 Å². The van der Waals surface area contributed by atoms with Crippen molar-refractivity contribution in [3.05, 3.63) is 35.4 Å². The predicted octanol–water partition coefficient (Wildman–Crippen LogP) is 1.42. The van der Waals surface area contributed by atoms with Crippen molar-refractivity contribution in [2.24, 2.45) is 0 Å². The third kappa shape index (κ3) is 1.16. The van der Waals surface area contributed by atoms with Gasteiger partial charge in [0.2, 0.25) is 0 Å². The van der Waals surface area contributed by atoms with Gasteiger partial charge in [-0.25, -0.2) is 4.79 Å². The maximum atomic E-state index is 10.8. The smallest absolute Gasteiger partial charge is 0.408 e. The maximum Gasteiger partial charge on any atom is 0.408 e. The number of nitrogens with zero attached hydrogens (tertiary/aromatic N) is 1. The van der Waals surface area contributed by atoms with Gasteiger partial charge in [-0.1, -0.05) is 24.3 Å². The fourth-order valence-corrected chi connectivity index (χ4v) is 1.75. The van der Waals surface area contributed by atoms with Gasteiger partial charge in [0.1, 0.15) is 12.3 Å². The van der Waals surface area contributed by atoms with Crippen molar-refractivity contribution in [1.82, 2.24) is 4.90 Å². The predicted molar refractivity (Wildman–Crippen MR) is 48.8 cm³/mol. The van der Waals surface area contributed by atoms with E-state index >= 15 is 0 Å². The zero-order chi connectivity index (χ0) is 10.1. The van der Waals surface area contributed by atoms with E-state index in [0.29, 0.717) is 12.8 Å². The van der Waals surface area contributed by atoms with E-state index in [9.17, 15) is 9.59 Å². The van der Waals surface area contributed by atoms with E-state index in [0.717, 1.165) is 16.0 Å². The lowest BCUT2D eigenvalue weighted by Gasteiger charge is -2.16. The summed E-state index contributed by atoms with van der Waals surface area (Å²) in [6.07, 6.45) is -0.391. The first-order valence-corrected chi connectivity index (χ1v) is 4.26. The van der Waals surface area contributed by atoms with E-state index < -0.39 is 12.1 Å². The van der Waals surface area contributed by atoms with Crippen LogP contribution in [0.3, 0.4) is 0 Å². The van der Waals surface area contributed by atoms with Gasteiger partial charge in [-0.05, 0) is 11.1 Å². The molecule has 0 aliphatic carbocycles. The molecule has 1 aliphatic rings. The minimum Gasteiger partial charge on any atom is -0.465 e. The maximum absolute atomic E-state index is 10.8. The summed E-state index contributed by atoms with van der Waals surface area (Å²) in [6.45, 7) is 0.301. The Morgan fingerprint density at radius 1 is 1.50 bits per heavy atom. The fraction of sp³-hybridized carbons (Fsp3) is 0.200. The van der Waals surface area contributed by atoms with E-state index in [1.54, 1.807) is 12.1 Å². The van der Waals surface area contributed by atoms with Gasteiger partial charge < -0.3 is 9.90 Å². The number of aldehydes is 1. The number of hydrogen-bond acceptors (Lipinski definition) is 2. The Labute approximate surface area is 80.8 Å². The van der Waals surface area contributed by atoms with Crippen LogP contribution < -0.4 is 0 Å². The molecule has 72 valence electrons. The molecule has 1 unspecified atom stereocenters. The van der Waals surface area contributed by atoms with Gasteiger partial charge >= 0.3 is 6.09 Å². The molecule has 14 heavy (non-hydrogen) atoms. The molecule has 2 rings (SSSR count). The van der Waals surface area contributed by atoms with E-state index in [4.69, 9.17) is 5.11 Å². The van der Waals surface area contributed by atoms with E-state index in [-0.39, 0.29) is 0 Å². The standard InChI is InChI=1S/C10H9NO3/c12-6-9-8-4-2-1-3-7(8)5-11(9)10(13)14/h1-4,6,9H,5H2,(H,13,14). The summed E-state index contributed by atoms with van der Waals surface area (Å²) in [7, 11) is 0. The minimum absolute atomic E-state index is 0.301. The molecule has 1 atom stereocenters. The molecule has 0 saturated carbocycles. The van der Waals surface area contributed by atoms with E-state index in [1.165, 1.54) is 0 Å². The Bertz CT molecular complexity index is 389. The number of fused-ring (bicyclic) bond motifs is 1. The van der Waals surface area contributed by atoms with Crippen LogP contribution >= 0.6 is 0 Å². The summed E-state index contributed by atoms with van der Waals surface area (Å²) in [5.41, 5.74) is 1.71. The Morgan fingerprint density at radius 3 is 2.86 bits per heavy atom. The van der Waals surface area contributed by atoms with Gasteiger partial charge in [0.25, 0.3) is 0 Å². The first-order valence-electron chi connectivity index (χ1n) is 4.26. The highest BCUT2D eigenvalue weighted by Crippen LogP contribution is 2.31. The van der Waals surface area contributed by atoms with Crippen LogP contribution in [-0.4, -0.2) is 22.4 Å². The first-order chi connectivity index (χ1) is 6.74. The Kier molecular flexibility index (Phi) is 1.96. The molecule has 0 bridgehead atoms. The molecule has 0 radical (unpaired) electrons. The lowest BCUT2D eigenvalue weighted by molar-refractivity contribution is -0.111. The molecule has 0 spiro atoms. The summed E-state index contributed by atoms with van der Waals surface area (Å²) < 4.78 is 0. The molecule has 4 heteroatoms. The summed E-state index contributed by atoms with van der Waals surface area (Å²) >= 11 is 0. The quantitative estimate of drug-likeness (QED) is 0.683. The highest BCUT2D eigenvalue weighted by Gasteiger charge is 2.32. The number of amides is 1. The second-order valence-electron chi connectivity index (χ2n) is 3.19. The van der Waals surface area contributed by atoms with Gasteiger partial charge in [0.05, 0.1) is 6.54 Å². The molecule has 0 fully saturated rings. The third-order valence-corrected chi connectivity index (χ3v) is 2.42. The van der Waals surface area contributed by atoms with Gasteiger partial charge in [-0.3, -0.25) is 4.90 Å². The molecule has 1 N–H and O–H groups in total. The molecule has 1 aromatic carbocycles. The normalized spacial score (nSPS) is 19.1. The summed E-state index contributed by atoms with van der Waals surface area (Å²) in [5.74, 6) is 0. The lowest BCUT2D eigenvalue weighted by Crippen LogP contribution is -2.28. The van der Waals surface area contributed by atoms with Crippen molar-refractivity contribution in [1.29, 1.82) is 0 Å². The van der Waals surface area contributed by atoms with Crippen molar-refractivity contribution in [2.45, 2.75) is 12.6 Å². The zero-order valence-electron chi connectivity index (χ0n) is 7.38. The number of carbonyl (C=O) groups excluding carboxylic acids is 1. The molecular formula is C10H9NO3. The highest BCUT2D eigenvalue weighted by atomic mass is 16.4. The Hall–Kier alpha value is -1.84. The molecular weight excluding hydrogens is 182 g/mol. The summed E-state index contributed by atoms with van der Waals surface area (Å²) in [6, 6.07) is 6.64. The Balaban J connectivity index is 2.43. The number of rotatable bonds is 1. The van der Waals surface area contributed by atoms with Crippen molar-refractivity contribution in [3.63, 3.8) is 0 Å².